The molecular formula is C22H29N4OS+. The molecule has 0 saturated carbocycles. The fraction of sp³-hybridized carbons (Fsp3) is 0.364. The van der Waals surface area contributed by atoms with Crippen LogP contribution in [0.15, 0.2) is 48.5 Å². The molecule has 0 saturated heterocycles. The van der Waals surface area contributed by atoms with Crippen molar-refractivity contribution in [3.63, 3.8) is 0 Å². The summed E-state index contributed by atoms with van der Waals surface area (Å²) in [6.07, 6.45) is 0. The lowest BCUT2D eigenvalue weighted by molar-refractivity contribution is -0.917. The van der Waals surface area contributed by atoms with E-state index in [1.165, 1.54) is 16.0 Å². The van der Waals surface area contributed by atoms with E-state index in [-0.39, 0.29) is 6.04 Å². The third-order valence-electron chi connectivity index (χ3n) is 4.91. The summed E-state index contributed by atoms with van der Waals surface area (Å²) in [5.41, 5.74) is 3.71. The molecule has 5 nitrogen and oxygen atoms in total. The molecule has 0 aliphatic heterocycles. The predicted molar refractivity (Wildman–Crippen MR) is 115 cm³/mol. The van der Waals surface area contributed by atoms with Gasteiger partial charge in [-0.1, -0.05) is 24.3 Å². The first-order valence-corrected chi connectivity index (χ1v) is 10.0. The van der Waals surface area contributed by atoms with Crippen LogP contribution in [-0.2, 0) is 13.2 Å². The zero-order valence-corrected chi connectivity index (χ0v) is 18.1. The molecule has 6 heteroatoms. The second-order valence-electron chi connectivity index (χ2n) is 7.52. The van der Waals surface area contributed by atoms with Crippen molar-refractivity contribution in [1.82, 2.24) is 14.3 Å². The summed E-state index contributed by atoms with van der Waals surface area (Å²) in [5.74, 6) is 1.73. The van der Waals surface area contributed by atoms with Gasteiger partial charge in [-0.2, -0.15) is 4.68 Å². The molecule has 1 atom stereocenters. The molecule has 0 fully saturated rings. The first-order chi connectivity index (χ1) is 13.4. The minimum absolute atomic E-state index is 0.232. The average molecular weight is 398 g/mol. The van der Waals surface area contributed by atoms with E-state index in [2.05, 4.69) is 56.7 Å². The van der Waals surface area contributed by atoms with Gasteiger partial charge < -0.3 is 9.64 Å². The van der Waals surface area contributed by atoms with E-state index < -0.39 is 0 Å². The van der Waals surface area contributed by atoms with Crippen molar-refractivity contribution in [3.05, 3.63) is 64.4 Å². The van der Waals surface area contributed by atoms with Crippen LogP contribution in [-0.4, -0.2) is 28.5 Å². The maximum Gasteiger partial charge on any atom is 0.203 e. The largest absolute Gasteiger partial charge is 0.497 e. The molecule has 1 unspecified atom stereocenters. The van der Waals surface area contributed by atoms with Crippen molar-refractivity contribution in [2.75, 3.05) is 14.2 Å². The maximum absolute atomic E-state index is 5.77. The molecule has 0 aliphatic rings. The highest BCUT2D eigenvalue weighted by atomic mass is 32.1. The van der Waals surface area contributed by atoms with Gasteiger partial charge in [0.05, 0.1) is 14.2 Å². The number of nitrogens with zero attached hydrogens (tertiary/aromatic N) is 3. The molecule has 0 spiro atoms. The van der Waals surface area contributed by atoms with Gasteiger partial charge in [0.15, 0.2) is 12.5 Å². The Bertz CT molecular complexity index is 989. The first-order valence-electron chi connectivity index (χ1n) is 9.60. The number of aromatic nitrogens is 3. The highest BCUT2D eigenvalue weighted by Gasteiger charge is 2.17. The molecule has 0 aliphatic carbocycles. The number of hydrogen-bond donors (Lipinski definition) is 1. The van der Waals surface area contributed by atoms with Gasteiger partial charge in [0.1, 0.15) is 12.3 Å². The Morgan fingerprint density at radius 1 is 1.11 bits per heavy atom. The van der Waals surface area contributed by atoms with Gasteiger partial charge in [-0.25, -0.2) is 0 Å². The Kier molecular flexibility index (Phi) is 6.31. The average Bonchev–Trinajstić information content (AvgIpc) is 3.00. The van der Waals surface area contributed by atoms with Crippen LogP contribution < -0.4 is 9.64 Å². The van der Waals surface area contributed by atoms with E-state index >= 15 is 0 Å². The van der Waals surface area contributed by atoms with Crippen molar-refractivity contribution >= 4 is 12.2 Å². The third-order valence-corrected chi connectivity index (χ3v) is 5.32. The Morgan fingerprint density at radius 2 is 1.79 bits per heavy atom. The molecule has 1 aromatic heterocycles. The second-order valence-corrected chi connectivity index (χ2v) is 7.88. The van der Waals surface area contributed by atoms with Gasteiger partial charge >= 0.3 is 0 Å². The van der Waals surface area contributed by atoms with Gasteiger partial charge in [0.2, 0.25) is 4.77 Å². The van der Waals surface area contributed by atoms with Crippen molar-refractivity contribution < 1.29 is 9.64 Å². The number of methoxy groups -OCH3 is 1. The Morgan fingerprint density at radius 3 is 2.39 bits per heavy atom. The summed E-state index contributed by atoms with van der Waals surface area (Å²) >= 11 is 5.77. The Hall–Kier alpha value is -2.44. The van der Waals surface area contributed by atoms with E-state index in [9.17, 15) is 0 Å². The molecule has 28 heavy (non-hydrogen) atoms. The summed E-state index contributed by atoms with van der Waals surface area (Å²) in [5, 5.41) is 4.87. The minimum Gasteiger partial charge on any atom is -0.497 e. The number of quaternary nitrogens is 1. The lowest BCUT2D eigenvalue weighted by atomic mass is 10.1. The summed E-state index contributed by atoms with van der Waals surface area (Å²) in [6, 6.07) is 16.7. The molecular weight excluding hydrogens is 368 g/mol. The second kappa shape index (κ2) is 8.71. The summed E-state index contributed by atoms with van der Waals surface area (Å²) in [4.78, 5) is 1.33. The summed E-state index contributed by atoms with van der Waals surface area (Å²) in [7, 11) is 3.85. The maximum atomic E-state index is 5.77. The molecule has 3 rings (SSSR count). The molecule has 148 valence electrons. The van der Waals surface area contributed by atoms with Gasteiger partial charge in [0.25, 0.3) is 0 Å². The van der Waals surface area contributed by atoms with Crippen LogP contribution in [0.5, 0.6) is 5.75 Å². The highest BCUT2D eigenvalue weighted by molar-refractivity contribution is 7.71. The quantitative estimate of drug-likeness (QED) is 0.618. The lowest BCUT2D eigenvalue weighted by Crippen LogP contribution is -3.07. The van der Waals surface area contributed by atoms with Crippen LogP contribution in [0.2, 0.25) is 0 Å². The first kappa shape index (κ1) is 20.3. The van der Waals surface area contributed by atoms with Gasteiger partial charge in [0, 0.05) is 17.2 Å². The van der Waals surface area contributed by atoms with Crippen LogP contribution >= 0.6 is 12.2 Å². The Labute approximate surface area is 172 Å². The van der Waals surface area contributed by atoms with Crippen LogP contribution in [0.3, 0.4) is 0 Å². The molecule has 0 bridgehead atoms. The van der Waals surface area contributed by atoms with Crippen molar-refractivity contribution in [2.24, 2.45) is 0 Å². The number of hydrogen-bond acceptors (Lipinski definition) is 3. The summed E-state index contributed by atoms with van der Waals surface area (Å²) in [6.45, 7) is 8.08. The predicted octanol–water partition coefficient (Wildman–Crippen LogP) is 3.65. The van der Waals surface area contributed by atoms with E-state index in [0.717, 1.165) is 35.1 Å². The molecule has 3 aromatic rings. The van der Waals surface area contributed by atoms with Crippen LogP contribution in [0, 0.1) is 11.7 Å². The van der Waals surface area contributed by atoms with Crippen LogP contribution in [0.4, 0.5) is 0 Å². The Balaban J connectivity index is 1.89. The topological polar surface area (TPSA) is 36.4 Å². The number of ether oxygens (including phenoxy) is 1. The molecule has 0 amide bonds. The molecule has 1 heterocycles. The molecule has 2 aromatic carbocycles. The fourth-order valence-electron chi connectivity index (χ4n) is 3.37. The van der Waals surface area contributed by atoms with E-state index in [1.807, 2.05) is 28.9 Å². The lowest BCUT2D eigenvalue weighted by Gasteiger charge is -2.15. The minimum atomic E-state index is 0.232. The normalized spacial score (nSPS) is 12.4. The van der Waals surface area contributed by atoms with E-state index in [4.69, 9.17) is 22.1 Å². The number of nitrogens with one attached hydrogen (secondary N) is 1. The number of rotatable bonds is 7. The van der Waals surface area contributed by atoms with E-state index in [0.29, 0.717) is 0 Å². The number of benzene rings is 2. The smallest absolute Gasteiger partial charge is 0.203 e. The van der Waals surface area contributed by atoms with Crippen LogP contribution in [0.1, 0.15) is 31.0 Å². The van der Waals surface area contributed by atoms with Crippen LogP contribution in [0.25, 0.3) is 11.4 Å². The number of aryl methyl sites for hydroxylation is 1. The molecule has 1 N–H and O–H groups in total. The third kappa shape index (κ3) is 4.34. The monoisotopic (exact) mass is 397 g/mol. The van der Waals surface area contributed by atoms with Gasteiger partial charge in [-0.05, 0) is 62.8 Å². The highest BCUT2D eigenvalue weighted by Crippen LogP contribution is 2.24. The fourth-order valence-corrected chi connectivity index (χ4v) is 3.77. The molecule has 0 radical (unpaired) electrons. The van der Waals surface area contributed by atoms with Crippen molar-refractivity contribution in [2.45, 2.75) is 40.0 Å². The van der Waals surface area contributed by atoms with Crippen molar-refractivity contribution in [1.29, 1.82) is 0 Å². The zero-order chi connectivity index (χ0) is 20.3. The standard InChI is InChI=1S/C22H28N4OS/c1-16(2)26-21(18-10-12-20(27-5)13-11-18)23-25(22(26)28)15-24(4)14-19-9-7-6-8-17(19)3/h6-13,16H,14-15H2,1-5H3/p+1. The summed E-state index contributed by atoms with van der Waals surface area (Å²) < 4.78 is 10.1. The van der Waals surface area contributed by atoms with E-state index in [1.54, 1.807) is 7.11 Å². The zero-order valence-electron chi connectivity index (χ0n) is 17.3. The van der Waals surface area contributed by atoms with Gasteiger partial charge in [-0.15, -0.1) is 5.10 Å². The van der Waals surface area contributed by atoms with Gasteiger partial charge in [-0.3, -0.25) is 4.57 Å². The SMILES string of the molecule is COc1ccc(-c2nn(C[NH+](C)Cc3ccccc3C)c(=S)n2C(C)C)cc1. The van der Waals surface area contributed by atoms with Crippen molar-refractivity contribution in [3.8, 4) is 17.1 Å².